The second kappa shape index (κ2) is 5.84. The topological polar surface area (TPSA) is 90.2 Å². The van der Waals surface area contributed by atoms with Gasteiger partial charge in [0.2, 0.25) is 0 Å². The highest BCUT2D eigenvalue weighted by Gasteiger charge is 2.17. The number of rotatable bonds is 3. The Labute approximate surface area is 119 Å². The molecule has 0 spiro atoms. The Bertz CT molecular complexity index is 749. The zero-order chi connectivity index (χ0) is 15.4. The predicted molar refractivity (Wildman–Crippen MR) is 72.5 cm³/mol. The van der Waals surface area contributed by atoms with E-state index in [0.717, 1.165) is 6.07 Å². The number of aromatic carboxylic acids is 1. The maximum Gasteiger partial charge on any atom is 0.340 e. The van der Waals surface area contributed by atoms with E-state index in [-0.39, 0.29) is 11.3 Å². The van der Waals surface area contributed by atoms with Crippen molar-refractivity contribution in [2.24, 2.45) is 0 Å². The van der Waals surface area contributed by atoms with Crippen molar-refractivity contribution in [2.45, 2.75) is 0 Å². The number of halogens is 1. The molecular formula is C15H9FN2O3. The van der Waals surface area contributed by atoms with E-state index in [2.05, 4.69) is 5.32 Å². The van der Waals surface area contributed by atoms with Gasteiger partial charge < -0.3 is 10.4 Å². The first-order valence-electron chi connectivity index (χ1n) is 5.86. The maximum atomic E-state index is 13.5. The van der Waals surface area contributed by atoms with Crippen LogP contribution in [-0.2, 0) is 0 Å². The van der Waals surface area contributed by atoms with Crippen LogP contribution in [0.2, 0.25) is 0 Å². The number of carbonyl (C=O) groups excluding carboxylic acids is 1. The van der Waals surface area contributed by atoms with Crippen LogP contribution in [0.15, 0.2) is 42.5 Å². The molecular weight excluding hydrogens is 275 g/mol. The molecule has 0 atom stereocenters. The standard InChI is InChI=1S/C15H9FN2O3/c16-11-2-1-3-12(13(11)15(20)21)18-14(19)10-6-4-9(8-17)5-7-10/h1-7H,(H,18,19)(H,20,21). The van der Waals surface area contributed by atoms with E-state index >= 15 is 0 Å². The van der Waals surface area contributed by atoms with Crippen molar-refractivity contribution in [2.75, 3.05) is 5.32 Å². The minimum absolute atomic E-state index is 0.128. The number of hydrogen-bond donors (Lipinski definition) is 2. The lowest BCUT2D eigenvalue weighted by Gasteiger charge is -2.09. The van der Waals surface area contributed by atoms with E-state index in [1.54, 1.807) is 0 Å². The third-order valence-electron chi connectivity index (χ3n) is 2.75. The Morgan fingerprint density at radius 3 is 2.38 bits per heavy atom. The Morgan fingerprint density at radius 1 is 1.14 bits per heavy atom. The van der Waals surface area contributed by atoms with E-state index in [0.29, 0.717) is 5.56 Å². The fourth-order valence-electron chi connectivity index (χ4n) is 1.74. The molecule has 21 heavy (non-hydrogen) atoms. The van der Waals surface area contributed by atoms with E-state index in [1.807, 2.05) is 6.07 Å². The Kier molecular flexibility index (Phi) is 3.95. The van der Waals surface area contributed by atoms with Gasteiger partial charge in [0.05, 0.1) is 17.3 Å². The highest BCUT2D eigenvalue weighted by molar-refractivity contribution is 6.07. The van der Waals surface area contributed by atoms with Gasteiger partial charge in [-0.2, -0.15) is 5.26 Å². The van der Waals surface area contributed by atoms with Gasteiger partial charge in [-0.15, -0.1) is 0 Å². The second-order valence-electron chi connectivity index (χ2n) is 4.11. The molecule has 2 aromatic carbocycles. The van der Waals surface area contributed by atoms with Crippen LogP contribution >= 0.6 is 0 Å². The fraction of sp³-hybridized carbons (Fsp3) is 0. The SMILES string of the molecule is N#Cc1ccc(C(=O)Nc2cccc(F)c2C(=O)O)cc1. The zero-order valence-electron chi connectivity index (χ0n) is 10.6. The lowest BCUT2D eigenvalue weighted by atomic mass is 10.1. The Balaban J connectivity index is 2.29. The van der Waals surface area contributed by atoms with Crippen LogP contribution in [0.4, 0.5) is 10.1 Å². The quantitative estimate of drug-likeness (QED) is 0.906. The fourth-order valence-corrected chi connectivity index (χ4v) is 1.74. The monoisotopic (exact) mass is 284 g/mol. The van der Waals surface area contributed by atoms with Crippen LogP contribution < -0.4 is 5.32 Å². The highest BCUT2D eigenvalue weighted by Crippen LogP contribution is 2.20. The number of benzene rings is 2. The van der Waals surface area contributed by atoms with Gasteiger partial charge in [-0.1, -0.05) is 6.07 Å². The molecule has 104 valence electrons. The van der Waals surface area contributed by atoms with Crippen LogP contribution in [0, 0.1) is 17.1 Å². The molecule has 0 aliphatic heterocycles. The van der Waals surface area contributed by atoms with Crippen molar-refractivity contribution < 1.29 is 19.1 Å². The molecule has 6 heteroatoms. The van der Waals surface area contributed by atoms with Crippen LogP contribution in [-0.4, -0.2) is 17.0 Å². The van der Waals surface area contributed by atoms with Gasteiger partial charge in [-0.25, -0.2) is 9.18 Å². The van der Waals surface area contributed by atoms with Crippen molar-refractivity contribution in [3.63, 3.8) is 0 Å². The summed E-state index contributed by atoms with van der Waals surface area (Å²) in [5.74, 6) is -2.99. The van der Waals surface area contributed by atoms with E-state index in [1.165, 1.54) is 36.4 Å². The normalized spacial score (nSPS) is 9.71. The average Bonchev–Trinajstić information content (AvgIpc) is 2.47. The summed E-state index contributed by atoms with van der Waals surface area (Å²) in [4.78, 5) is 23.0. The lowest BCUT2D eigenvalue weighted by molar-refractivity contribution is 0.0693. The summed E-state index contributed by atoms with van der Waals surface area (Å²) in [7, 11) is 0. The molecule has 0 aromatic heterocycles. The van der Waals surface area contributed by atoms with Gasteiger partial charge in [-0.05, 0) is 36.4 Å². The molecule has 0 radical (unpaired) electrons. The van der Waals surface area contributed by atoms with Gasteiger partial charge in [0.1, 0.15) is 11.4 Å². The van der Waals surface area contributed by atoms with Crippen LogP contribution in [0.25, 0.3) is 0 Å². The summed E-state index contributed by atoms with van der Waals surface area (Å²) in [5, 5.41) is 20.0. The first-order chi connectivity index (χ1) is 10.0. The average molecular weight is 284 g/mol. The number of carbonyl (C=O) groups is 2. The van der Waals surface area contributed by atoms with Gasteiger partial charge in [0.25, 0.3) is 5.91 Å². The Morgan fingerprint density at radius 2 is 1.81 bits per heavy atom. The van der Waals surface area contributed by atoms with Crippen molar-refractivity contribution in [3.8, 4) is 6.07 Å². The number of carboxylic acid groups (broad SMARTS) is 1. The first kappa shape index (κ1) is 14.2. The van der Waals surface area contributed by atoms with Crippen molar-refractivity contribution >= 4 is 17.6 Å². The highest BCUT2D eigenvalue weighted by atomic mass is 19.1. The van der Waals surface area contributed by atoms with Crippen molar-refractivity contribution in [1.82, 2.24) is 0 Å². The number of amides is 1. The van der Waals surface area contributed by atoms with E-state index in [9.17, 15) is 14.0 Å². The molecule has 0 aliphatic rings. The first-order valence-corrected chi connectivity index (χ1v) is 5.86. The van der Waals surface area contributed by atoms with Crippen molar-refractivity contribution in [1.29, 1.82) is 5.26 Å². The number of hydrogen-bond acceptors (Lipinski definition) is 3. The number of nitrogens with zero attached hydrogens (tertiary/aromatic N) is 1. The minimum atomic E-state index is -1.47. The van der Waals surface area contributed by atoms with Gasteiger partial charge in [-0.3, -0.25) is 4.79 Å². The molecule has 0 bridgehead atoms. The molecule has 2 N–H and O–H groups in total. The van der Waals surface area contributed by atoms with Gasteiger partial charge >= 0.3 is 5.97 Å². The number of anilines is 1. The summed E-state index contributed by atoms with van der Waals surface area (Å²) in [6, 6.07) is 11.3. The minimum Gasteiger partial charge on any atom is -0.478 e. The molecule has 0 heterocycles. The Hall–Kier alpha value is -3.20. The summed E-state index contributed by atoms with van der Waals surface area (Å²) in [6.07, 6.45) is 0. The second-order valence-corrected chi connectivity index (χ2v) is 4.11. The zero-order valence-corrected chi connectivity index (χ0v) is 10.6. The summed E-state index contributed by atoms with van der Waals surface area (Å²) in [5.41, 5.74) is -0.102. The lowest BCUT2D eigenvalue weighted by Crippen LogP contribution is -2.15. The third kappa shape index (κ3) is 3.04. The van der Waals surface area contributed by atoms with E-state index < -0.39 is 23.3 Å². The van der Waals surface area contributed by atoms with E-state index in [4.69, 9.17) is 10.4 Å². The molecule has 5 nitrogen and oxygen atoms in total. The summed E-state index contributed by atoms with van der Waals surface area (Å²) < 4.78 is 13.5. The smallest absolute Gasteiger partial charge is 0.340 e. The van der Waals surface area contributed by atoms with Gasteiger partial charge in [0, 0.05) is 5.56 Å². The number of nitriles is 1. The maximum absolute atomic E-state index is 13.5. The summed E-state index contributed by atoms with van der Waals surface area (Å²) >= 11 is 0. The predicted octanol–water partition coefficient (Wildman–Crippen LogP) is 2.65. The van der Waals surface area contributed by atoms with Crippen LogP contribution in [0.1, 0.15) is 26.3 Å². The molecule has 1 amide bonds. The van der Waals surface area contributed by atoms with Crippen LogP contribution in [0.3, 0.4) is 0 Å². The van der Waals surface area contributed by atoms with Gasteiger partial charge in [0.15, 0.2) is 0 Å². The molecule has 0 saturated heterocycles. The molecule has 0 unspecified atom stereocenters. The largest absolute Gasteiger partial charge is 0.478 e. The van der Waals surface area contributed by atoms with Crippen molar-refractivity contribution in [3.05, 3.63) is 65.0 Å². The summed E-state index contributed by atoms with van der Waals surface area (Å²) in [6.45, 7) is 0. The number of carboxylic acids is 1. The molecule has 0 saturated carbocycles. The molecule has 0 aliphatic carbocycles. The molecule has 2 aromatic rings. The molecule has 2 rings (SSSR count). The number of nitrogens with one attached hydrogen (secondary N) is 1. The van der Waals surface area contributed by atoms with Crippen LogP contribution in [0.5, 0.6) is 0 Å². The third-order valence-corrected chi connectivity index (χ3v) is 2.75. The molecule has 0 fully saturated rings.